The number of allylic oxidation sites excluding steroid dienone is 2. The molecule has 500 valence electrons. The van der Waals surface area contributed by atoms with Crippen molar-refractivity contribution in [3.63, 3.8) is 0 Å². The van der Waals surface area contributed by atoms with E-state index in [0.29, 0.717) is 129 Å². The van der Waals surface area contributed by atoms with E-state index in [4.69, 9.17) is 35.3 Å². The molecule has 0 spiro atoms. The third kappa shape index (κ3) is 17.5. The predicted molar refractivity (Wildman–Crippen MR) is 377 cm³/mol. The number of aromatic nitrogens is 6. The molecule has 1 unspecified atom stereocenters. The van der Waals surface area contributed by atoms with Crippen molar-refractivity contribution in [3.05, 3.63) is 278 Å². The number of hydrogen-bond donors (Lipinski definition) is 0. The van der Waals surface area contributed by atoms with E-state index >= 15 is 4.79 Å². The first-order chi connectivity index (χ1) is 47.8. The van der Waals surface area contributed by atoms with Crippen LogP contribution < -0.4 is 9.47 Å². The lowest BCUT2D eigenvalue weighted by atomic mass is 9.92. The number of aldehydes is 1. The Labute approximate surface area is 576 Å². The third-order valence-electron chi connectivity index (χ3n) is 17.5. The van der Waals surface area contributed by atoms with Gasteiger partial charge in [-0.15, -0.1) is 0 Å². The summed E-state index contributed by atoms with van der Waals surface area (Å²) in [4.78, 5) is 85.0. The predicted octanol–water partition coefficient (Wildman–Crippen LogP) is 14.6. The van der Waals surface area contributed by atoms with E-state index < -0.39 is 5.97 Å². The van der Waals surface area contributed by atoms with E-state index in [-0.39, 0.29) is 25.0 Å². The van der Waals surface area contributed by atoms with Gasteiger partial charge in [0, 0.05) is 113 Å². The molecule has 1 atom stereocenters. The summed E-state index contributed by atoms with van der Waals surface area (Å²) in [5, 5.41) is 5.65. The van der Waals surface area contributed by atoms with Crippen LogP contribution in [0.1, 0.15) is 123 Å². The molecule has 1 aliphatic rings. The van der Waals surface area contributed by atoms with Gasteiger partial charge in [-0.2, -0.15) is 0 Å². The first kappa shape index (κ1) is 68.8. The number of amides is 1. The molecule has 0 N–H and O–H groups in total. The van der Waals surface area contributed by atoms with Crippen molar-refractivity contribution in [2.75, 3.05) is 26.8 Å². The van der Waals surface area contributed by atoms with Crippen LogP contribution in [0.3, 0.4) is 0 Å². The minimum Gasteiger partial charge on any atom is -0.494 e. The van der Waals surface area contributed by atoms with Gasteiger partial charge in [-0.25, -0.2) is 9.78 Å². The second-order valence-corrected chi connectivity index (χ2v) is 24.9. The van der Waals surface area contributed by atoms with Gasteiger partial charge >= 0.3 is 5.97 Å². The number of halogens is 1. The lowest BCUT2D eigenvalue weighted by Gasteiger charge is -2.25. The zero-order valence-electron chi connectivity index (χ0n) is 55.9. The molecule has 0 fully saturated rings. The largest absolute Gasteiger partial charge is 0.494 e. The van der Waals surface area contributed by atoms with Crippen LogP contribution in [0.2, 0.25) is 5.02 Å². The maximum Gasteiger partial charge on any atom is 0.343 e. The highest BCUT2D eigenvalue weighted by atomic mass is 35.5. The number of esters is 1. The minimum atomic E-state index is -0.547. The van der Waals surface area contributed by atoms with Gasteiger partial charge in [-0.3, -0.25) is 44.1 Å². The summed E-state index contributed by atoms with van der Waals surface area (Å²) in [6, 6.07) is 50.2. The fourth-order valence-corrected chi connectivity index (χ4v) is 12.7. The summed E-state index contributed by atoms with van der Waals surface area (Å²) in [5.74, 6) is 0.629. The Morgan fingerprint density at radius 2 is 1.28 bits per heavy atom. The quantitative estimate of drug-likeness (QED) is 0.0127. The van der Waals surface area contributed by atoms with E-state index in [1.165, 1.54) is 0 Å². The number of carbonyl (C=O) groups excluding carboxylic acids is 4. The second-order valence-electron chi connectivity index (χ2n) is 24.5. The summed E-state index contributed by atoms with van der Waals surface area (Å²) in [6.07, 6.45) is 12.7. The Morgan fingerprint density at radius 1 is 0.673 bits per heavy atom. The highest BCUT2D eigenvalue weighted by Gasteiger charge is 2.30. The van der Waals surface area contributed by atoms with E-state index in [9.17, 15) is 14.4 Å². The molecule has 0 saturated heterocycles. The summed E-state index contributed by atoms with van der Waals surface area (Å²) in [5.41, 5.74) is 14.0. The highest BCUT2D eigenvalue weighted by molar-refractivity contribution is 6.33. The van der Waals surface area contributed by atoms with Gasteiger partial charge in [0.1, 0.15) is 41.4 Å². The Balaban J connectivity index is 0.819. The molecule has 6 aromatic heterocycles. The van der Waals surface area contributed by atoms with Crippen molar-refractivity contribution in [1.29, 1.82) is 0 Å². The number of pyridine rings is 5. The van der Waals surface area contributed by atoms with Crippen LogP contribution in [-0.2, 0) is 73.1 Å². The van der Waals surface area contributed by atoms with E-state index in [0.717, 1.165) is 96.9 Å². The topological polar surface area (TPSA) is 199 Å². The number of rotatable bonds is 32. The number of aryl methyl sites for hydroxylation is 2. The molecule has 98 heavy (non-hydrogen) atoms. The molecule has 19 heteroatoms. The number of nitrogens with zero attached hydrogens (tertiary/aromatic N) is 10. The second kappa shape index (κ2) is 33.4. The average Bonchev–Trinajstić information content (AvgIpc) is 1.60. The van der Waals surface area contributed by atoms with Crippen molar-refractivity contribution >= 4 is 52.8 Å². The Hall–Kier alpha value is -10.5. The average molecular weight is 1330 g/mol. The number of fused-ring (bicyclic) bond motifs is 2. The number of carbonyl (C=O) groups is 4. The molecule has 11 rings (SSSR count). The lowest BCUT2D eigenvalue weighted by Crippen LogP contribution is -2.32. The molecule has 0 radical (unpaired) electrons. The Bertz CT molecular complexity index is 4250. The SMILES string of the molecule is CCc1c2c(nc3ccc(OC(=O)c4ccc(CN(CCCCOc5cc(CN(Cc6ccccn6)Cc6ccccn6)cc(CN(Cc6ccccn6)Cc6ccccn6)c5)C(=O)c5c(-c6ccccc6Cl)noc5C)cc4)cc13)/C(=C/C(=C(\C=O)COC=O)C(C)CC)N(C)C2. The molecule has 18 nitrogen and oxygen atoms in total. The first-order valence-electron chi connectivity index (χ1n) is 33.1. The monoisotopic (exact) mass is 1330 g/mol. The van der Waals surface area contributed by atoms with E-state index in [1.54, 1.807) is 36.1 Å². The summed E-state index contributed by atoms with van der Waals surface area (Å²) >= 11 is 6.73. The zero-order chi connectivity index (χ0) is 68.3. The van der Waals surface area contributed by atoms with Crippen LogP contribution in [0.5, 0.6) is 11.5 Å². The van der Waals surface area contributed by atoms with Gasteiger partial charge in [-0.05, 0) is 169 Å². The molecule has 0 saturated carbocycles. The van der Waals surface area contributed by atoms with Crippen molar-refractivity contribution in [3.8, 4) is 22.8 Å². The number of hydrogen-bond acceptors (Lipinski definition) is 17. The zero-order valence-corrected chi connectivity index (χ0v) is 56.6. The van der Waals surface area contributed by atoms with Gasteiger partial charge in [-0.1, -0.05) is 98.2 Å². The normalized spacial score (nSPS) is 13.0. The summed E-state index contributed by atoms with van der Waals surface area (Å²) < 4.78 is 23.6. The molecule has 10 aromatic rings. The van der Waals surface area contributed by atoms with E-state index in [1.807, 2.05) is 167 Å². The minimum absolute atomic E-state index is 0.0155. The fraction of sp³-hybridized carbons (Fsp3) is 0.266. The van der Waals surface area contributed by atoms with Crippen LogP contribution in [0.25, 0.3) is 27.9 Å². The van der Waals surface area contributed by atoms with Crippen molar-refractivity contribution in [2.24, 2.45) is 5.92 Å². The van der Waals surface area contributed by atoms with E-state index in [2.05, 4.69) is 64.9 Å². The van der Waals surface area contributed by atoms with Crippen molar-refractivity contribution in [2.45, 2.75) is 106 Å². The Morgan fingerprint density at radius 3 is 1.83 bits per heavy atom. The Kier molecular flexibility index (Phi) is 23.5. The number of ether oxygens (including phenoxy) is 3. The van der Waals surface area contributed by atoms with Crippen molar-refractivity contribution < 1.29 is 37.9 Å². The van der Waals surface area contributed by atoms with Crippen molar-refractivity contribution in [1.82, 2.24) is 49.7 Å². The van der Waals surface area contributed by atoms with Gasteiger partial charge in [0.05, 0.1) is 56.9 Å². The molecule has 7 heterocycles. The van der Waals surface area contributed by atoms with Crippen LogP contribution >= 0.6 is 11.6 Å². The first-order valence-corrected chi connectivity index (χ1v) is 33.5. The molecule has 0 bridgehead atoms. The maximum atomic E-state index is 15.1. The van der Waals surface area contributed by atoms with Gasteiger partial charge in [0.15, 0.2) is 0 Å². The molecule has 1 aliphatic heterocycles. The molecule has 4 aromatic carbocycles. The highest BCUT2D eigenvalue weighted by Crippen LogP contribution is 2.40. The van der Waals surface area contributed by atoms with Crippen LogP contribution in [0, 0.1) is 12.8 Å². The molecular weight excluding hydrogens is 1250 g/mol. The maximum absolute atomic E-state index is 15.1. The van der Waals surface area contributed by atoms with Gasteiger partial charge < -0.3 is 28.5 Å². The van der Waals surface area contributed by atoms with Gasteiger partial charge in [0.25, 0.3) is 12.4 Å². The summed E-state index contributed by atoms with van der Waals surface area (Å²) in [6.45, 7) is 13.2. The standard InChI is InChI=1S/C79H79ClN10O8/c1-6-54(3)69(60(51-91)52-95-53-92)42-74-76-71(50-87(74)5)67(7-2)70-41-65(30-31-73(70)85-76)97-79(94)59-28-26-56(27-29-59)45-90(78(93)75-55(4)98-86-77(75)68-24-8-9-25-72(68)80)36-18-19-37-96-66-39-57(43-88(46-61-20-10-14-32-81-61)47-62-21-11-15-33-82-62)38-58(40-66)44-89(48-63-22-12-16-34-83-63)49-64-23-13-17-35-84-64/h8-17,20-35,38-42,51,53-54H,6-7,18-19,36-37,43-50,52H2,1-5H3/b69-60-,74-42-. The third-order valence-corrected chi connectivity index (χ3v) is 17.8. The lowest BCUT2D eigenvalue weighted by molar-refractivity contribution is -0.128. The number of benzene rings is 4. The number of unbranched alkanes of at least 4 members (excludes halogenated alkanes) is 1. The molecular formula is C79H79ClN10O8. The molecule has 1 amide bonds. The fourth-order valence-electron chi connectivity index (χ4n) is 12.4. The molecule has 0 aliphatic carbocycles. The smallest absolute Gasteiger partial charge is 0.343 e. The van der Waals surface area contributed by atoms with Gasteiger partial charge in [0.2, 0.25) is 0 Å². The summed E-state index contributed by atoms with van der Waals surface area (Å²) in [7, 11) is 1.99. The van der Waals surface area contributed by atoms with Crippen LogP contribution in [0.15, 0.2) is 204 Å². The van der Waals surface area contributed by atoms with Crippen LogP contribution in [0.4, 0.5) is 0 Å². The van der Waals surface area contributed by atoms with Crippen LogP contribution in [-0.4, -0.2) is 101 Å².